The molecule has 7 heteroatoms. The number of amidine groups is 1. The summed E-state index contributed by atoms with van der Waals surface area (Å²) in [7, 11) is 4.69. The minimum atomic E-state index is -0.253. The lowest BCUT2D eigenvalue weighted by atomic mass is 10.1. The van der Waals surface area contributed by atoms with Gasteiger partial charge in [0.1, 0.15) is 17.3 Å². The Bertz CT molecular complexity index is 509. The summed E-state index contributed by atoms with van der Waals surface area (Å²) in [6.45, 7) is 2.10. The van der Waals surface area contributed by atoms with Crippen LogP contribution in [0.4, 0.5) is 0 Å². The monoisotopic (exact) mass is 295 g/mol. The summed E-state index contributed by atoms with van der Waals surface area (Å²) in [5.74, 6) is 0.699. The molecule has 1 rings (SSSR count). The van der Waals surface area contributed by atoms with Gasteiger partial charge in [-0.2, -0.15) is 0 Å². The number of ether oxygens (including phenoxy) is 2. The van der Waals surface area contributed by atoms with Gasteiger partial charge in [0.2, 0.25) is 0 Å². The van der Waals surface area contributed by atoms with Gasteiger partial charge in [-0.1, -0.05) is 12.1 Å². The van der Waals surface area contributed by atoms with Crippen LogP contribution in [0.1, 0.15) is 17.3 Å². The number of carbonyl (C=O) groups excluding carboxylic acids is 1. The van der Waals surface area contributed by atoms with Crippen molar-refractivity contribution in [3.05, 3.63) is 23.8 Å². The third-order valence-electron chi connectivity index (χ3n) is 3.11. The third-order valence-corrected chi connectivity index (χ3v) is 3.11. The molecular weight excluding hydrogens is 274 g/mol. The molecule has 1 aromatic rings. The van der Waals surface area contributed by atoms with Crippen LogP contribution in [0.25, 0.3) is 0 Å². The van der Waals surface area contributed by atoms with E-state index in [0.29, 0.717) is 23.6 Å². The van der Waals surface area contributed by atoms with Gasteiger partial charge in [0.15, 0.2) is 0 Å². The Labute approximate surface area is 123 Å². The minimum absolute atomic E-state index is 0.0814. The van der Waals surface area contributed by atoms with Crippen molar-refractivity contribution in [2.75, 3.05) is 27.8 Å². The molecule has 0 spiro atoms. The number of benzene rings is 1. The molecular formula is C14H21N3O4. The highest BCUT2D eigenvalue weighted by molar-refractivity contribution is 5.95. The number of carbonyl (C=O) groups is 1. The van der Waals surface area contributed by atoms with E-state index in [2.05, 4.69) is 5.16 Å². The van der Waals surface area contributed by atoms with E-state index in [1.165, 1.54) is 19.1 Å². The molecule has 1 aromatic carbocycles. The molecule has 0 aliphatic rings. The highest BCUT2D eigenvalue weighted by atomic mass is 16.5. The SMILES string of the molecule is COc1cc(OC)cc(C(=O)N(C)CC(C)C(N)=NO)c1. The van der Waals surface area contributed by atoms with E-state index in [9.17, 15) is 4.79 Å². The van der Waals surface area contributed by atoms with Crippen LogP contribution >= 0.6 is 0 Å². The fourth-order valence-electron chi connectivity index (χ4n) is 1.84. The molecule has 0 saturated heterocycles. The maximum atomic E-state index is 12.4. The molecule has 0 saturated carbocycles. The molecule has 21 heavy (non-hydrogen) atoms. The number of hydrogen-bond acceptors (Lipinski definition) is 5. The Morgan fingerprint density at radius 3 is 2.29 bits per heavy atom. The molecule has 1 unspecified atom stereocenters. The fourth-order valence-corrected chi connectivity index (χ4v) is 1.84. The van der Waals surface area contributed by atoms with Gasteiger partial charge in [-0.25, -0.2) is 0 Å². The fraction of sp³-hybridized carbons (Fsp3) is 0.429. The van der Waals surface area contributed by atoms with Crippen molar-refractivity contribution in [1.82, 2.24) is 4.90 Å². The molecule has 0 fully saturated rings. The second-order valence-corrected chi connectivity index (χ2v) is 4.71. The minimum Gasteiger partial charge on any atom is -0.497 e. The number of rotatable bonds is 6. The average molecular weight is 295 g/mol. The molecule has 0 bridgehead atoms. The van der Waals surface area contributed by atoms with E-state index in [-0.39, 0.29) is 17.7 Å². The second-order valence-electron chi connectivity index (χ2n) is 4.71. The normalized spacial score (nSPS) is 12.7. The van der Waals surface area contributed by atoms with E-state index in [0.717, 1.165) is 0 Å². The van der Waals surface area contributed by atoms with E-state index in [4.69, 9.17) is 20.4 Å². The van der Waals surface area contributed by atoms with E-state index >= 15 is 0 Å². The van der Waals surface area contributed by atoms with Crippen LogP contribution < -0.4 is 15.2 Å². The Morgan fingerprint density at radius 1 is 1.33 bits per heavy atom. The summed E-state index contributed by atoms with van der Waals surface area (Å²) in [5, 5.41) is 11.6. The summed E-state index contributed by atoms with van der Waals surface area (Å²) in [6, 6.07) is 4.96. The highest BCUT2D eigenvalue weighted by Gasteiger charge is 2.18. The number of hydrogen-bond donors (Lipinski definition) is 2. The van der Waals surface area contributed by atoms with Crippen LogP contribution in [-0.4, -0.2) is 49.7 Å². The van der Waals surface area contributed by atoms with E-state index < -0.39 is 0 Å². The number of amides is 1. The van der Waals surface area contributed by atoms with Gasteiger partial charge >= 0.3 is 0 Å². The lowest BCUT2D eigenvalue weighted by Crippen LogP contribution is -2.36. The standard InChI is InChI=1S/C14H21N3O4/c1-9(13(15)16-19)8-17(2)14(18)10-5-11(20-3)7-12(6-10)21-4/h5-7,9,19H,8H2,1-4H3,(H2,15,16). The van der Waals surface area contributed by atoms with Crippen molar-refractivity contribution in [3.8, 4) is 11.5 Å². The van der Waals surface area contributed by atoms with Crippen LogP contribution in [0.3, 0.4) is 0 Å². The first-order valence-corrected chi connectivity index (χ1v) is 6.38. The maximum absolute atomic E-state index is 12.4. The maximum Gasteiger partial charge on any atom is 0.253 e. The summed E-state index contributed by atoms with van der Waals surface area (Å²) >= 11 is 0. The highest BCUT2D eigenvalue weighted by Crippen LogP contribution is 2.23. The largest absolute Gasteiger partial charge is 0.497 e. The predicted octanol–water partition coefficient (Wildman–Crippen LogP) is 1.16. The van der Waals surface area contributed by atoms with Crippen molar-refractivity contribution in [1.29, 1.82) is 0 Å². The van der Waals surface area contributed by atoms with Crippen LogP contribution in [0.5, 0.6) is 11.5 Å². The quantitative estimate of drug-likeness (QED) is 0.355. The Morgan fingerprint density at radius 2 is 1.86 bits per heavy atom. The Balaban J connectivity index is 2.92. The first-order chi connectivity index (χ1) is 9.92. The predicted molar refractivity (Wildman–Crippen MR) is 79.1 cm³/mol. The lowest BCUT2D eigenvalue weighted by molar-refractivity contribution is 0.0785. The van der Waals surface area contributed by atoms with Crippen LogP contribution in [0.15, 0.2) is 23.4 Å². The molecule has 0 heterocycles. The Kier molecular flexibility index (Phi) is 5.83. The van der Waals surface area contributed by atoms with Gasteiger partial charge in [-0.15, -0.1) is 0 Å². The summed E-state index contributed by atoms with van der Waals surface area (Å²) in [6.07, 6.45) is 0. The zero-order valence-electron chi connectivity index (χ0n) is 12.7. The average Bonchev–Trinajstić information content (AvgIpc) is 2.52. The molecule has 116 valence electrons. The summed E-state index contributed by atoms with van der Waals surface area (Å²) in [4.78, 5) is 13.9. The first-order valence-electron chi connectivity index (χ1n) is 6.38. The topological polar surface area (TPSA) is 97.4 Å². The molecule has 0 aromatic heterocycles. The van der Waals surface area contributed by atoms with Crippen LogP contribution in [0.2, 0.25) is 0 Å². The van der Waals surface area contributed by atoms with Gasteiger partial charge in [0.05, 0.1) is 14.2 Å². The Hall–Kier alpha value is -2.44. The zero-order valence-corrected chi connectivity index (χ0v) is 12.7. The van der Waals surface area contributed by atoms with Crippen LogP contribution in [0, 0.1) is 5.92 Å². The van der Waals surface area contributed by atoms with E-state index in [1.807, 2.05) is 0 Å². The molecule has 0 radical (unpaired) electrons. The van der Waals surface area contributed by atoms with Crippen molar-refractivity contribution >= 4 is 11.7 Å². The van der Waals surface area contributed by atoms with Gasteiger partial charge < -0.3 is 25.3 Å². The van der Waals surface area contributed by atoms with Crippen molar-refractivity contribution < 1.29 is 19.5 Å². The molecule has 1 amide bonds. The van der Waals surface area contributed by atoms with Crippen molar-refractivity contribution in [3.63, 3.8) is 0 Å². The number of nitrogens with zero attached hydrogens (tertiary/aromatic N) is 2. The first kappa shape index (κ1) is 16.6. The lowest BCUT2D eigenvalue weighted by Gasteiger charge is -2.21. The van der Waals surface area contributed by atoms with E-state index in [1.54, 1.807) is 32.2 Å². The molecule has 1 atom stereocenters. The third kappa shape index (κ3) is 4.27. The van der Waals surface area contributed by atoms with Crippen molar-refractivity contribution in [2.45, 2.75) is 6.92 Å². The van der Waals surface area contributed by atoms with Gasteiger partial charge in [-0.05, 0) is 12.1 Å². The number of nitrogens with two attached hydrogens (primary N) is 1. The van der Waals surface area contributed by atoms with Gasteiger partial charge in [-0.3, -0.25) is 4.79 Å². The molecule has 3 N–H and O–H groups in total. The molecule has 0 aliphatic heterocycles. The van der Waals surface area contributed by atoms with Gasteiger partial charge in [0.25, 0.3) is 5.91 Å². The summed E-state index contributed by atoms with van der Waals surface area (Å²) in [5.41, 5.74) is 5.96. The van der Waals surface area contributed by atoms with Gasteiger partial charge in [0, 0.05) is 31.1 Å². The molecule has 7 nitrogen and oxygen atoms in total. The van der Waals surface area contributed by atoms with Crippen molar-refractivity contribution in [2.24, 2.45) is 16.8 Å². The zero-order chi connectivity index (χ0) is 16.0. The second kappa shape index (κ2) is 7.37. The number of methoxy groups -OCH3 is 2. The summed E-state index contributed by atoms with van der Waals surface area (Å²) < 4.78 is 10.3. The van der Waals surface area contributed by atoms with Crippen LogP contribution in [-0.2, 0) is 0 Å². The number of oxime groups is 1. The smallest absolute Gasteiger partial charge is 0.253 e. The molecule has 0 aliphatic carbocycles.